The first-order valence-corrected chi connectivity index (χ1v) is 5.63. The number of piperazine rings is 1. The van der Waals surface area contributed by atoms with Crippen LogP contribution < -0.4 is 5.32 Å². The number of hydrogen-bond acceptors (Lipinski definition) is 2. The molecule has 1 aliphatic heterocycles. The SMILES string of the molecule is CC(C)[C@@H]1CNCC(C2CC2)N1C. The van der Waals surface area contributed by atoms with Crippen LogP contribution in [0.3, 0.4) is 0 Å². The Morgan fingerprint density at radius 3 is 2.46 bits per heavy atom. The molecule has 2 atom stereocenters. The van der Waals surface area contributed by atoms with E-state index in [0.717, 1.165) is 23.9 Å². The molecule has 1 heterocycles. The van der Waals surface area contributed by atoms with Gasteiger partial charge in [-0.3, -0.25) is 4.90 Å². The lowest BCUT2D eigenvalue weighted by molar-refractivity contribution is 0.0855. The van der Waals surface area contributed by atoms with E-state index in [1.54, 1.807) is 0 Å². The van der Waals surface area contributed by atoms with Gasteiger partial charge in [0, 0.05) is 25.2 Å². The molecule has 0 aromatic rings. The van der Waals surface area contributed by atoms with Crippen molar-refractivity contribution >= 4 is 0 Å². The fourth-order valence-electron chi connectivity index (χ4n) is 2.60. The molecule has 2 aliphatic rings. The van der Waals surface area contributed by atoms with Crippen LogP contribution in [0.1, 0.15) is 26.7 Å². The summed E-state index contributed by atoms with van der Waals surface area (Å²) in [5.41, 5.74) is 0. The quantitative estimate of drug-likeness (QED) is 0.693. The lowest BCUT2D eigenvalue weighted by Crippen LogP contribution is -2.58. The van der Waals surface area contributed by atoms with Crippen molar-refractivity contribution in [2.45, 2.75) is 38.8 Å². The van der Waals surface area contributed by atoms with Crippen LogP contribution in [0.4, 0.5) is 0 Å². The molecule has 0 bridgehead atoms. The molecule has 0 radical (unpaired) electrons. The Morgan fingerprint density at radius 2 is 1.92 bits per heavy atom. The summed E-state index contributed by atoms with van der Waals surface area (Å²) in [4.78, 5) is 2.62. The lowest BCUT2D eigenvalue weighted by Gasteiger charge is -2.42. The first-order valence-electron chi connectivity index (χ1n) is 5.63. The fraction of sp³-hybridized carbons (Fsp3) is 1.00. The van der Waals surface area contributed by atoms with Crippen LogP contribution in [0, 0.1) is 11.8 Å². The molecule has 0 amide bonds. The second kappa shape index (κ2) is 3.58. The van der Waals surface area contributed by atoms with Gasteiger partial charge in [0.15, 0.2) is 0 Å². The zero-order chi connectivity index (χ0) is 9.42. The van der Waals surface area contributed by atoms with Crippen LogP contribution in [0.15, 0.2) is 0 Å². The third-order valence-corrected chi connectivity index (χ3v) is 3.69. The monoisotopic (exact) mass is 182 g/mol. The maximum atomic E-state index is 3.58. The Kier molecular flexibility index (Phi) is 2.61. The summed E-state index contributed by atoms with van der Waals surface area (Å²) in [6, 6.07) is 1.57. The minimum Gasteiger partial charge on any atom is -0.314 e. The average Bonchev–Trinajstić information content (AvgIpc) is 2.87. The Hall–Kier alpha value is -0.0800. The Balaban J connectivity index is 1.98. The molecule has 1 N–H and O–H groups in total. The molecule has 76 valence electrons. The van der Waals surface area contributed by atoms with Crippen LogP contribution in [-0.2, 0) is 0 Å². The highest BCUT2D eigenvalue weighted by atomic mass is 15.2. The first-order chi connectivity index (χ1) is 6.20. The molecule has 2 rings (SSSR count). The van der Waals surface area contributed by atoms with Crippen molar-refractivity contribution in [1.29, 1.82) is 0 Å². The lowest BCUT2D eigenvalue weighted by atomic mass is 9.96. The molecular formula is C11H22N2. The molecule has 1 unspecified atom stereocenters. The molecule has 2 heteroatoms. The van der Waals surface area contributed by atoms with E-state index in [2.05, 4.69) is 31.1 Å². The van der Waals surface area contributed by atoms with Crippen molar-refractivity contribution in [3.63, 3.8) is 0 Å². The summed E-state index contributed by atoms with van der Waals surface area (Å²) in [5.74, 6) is 1.78. The molecule has 2 nitrogen and oxygen atoms in total. The van der Waals surface area contributed by atoms with Crippen LogP contribution in [0.25, 0.3) is 0 Å². The minimum atomic E-state index is 0.749. The van der Waals surface area contributed by atoms with Crippen LogP contribution >= 0.6 is 0 Å². The minimum absolute atomic E-state index is 0.749. The highest BCUT2D eigenvalue weighted by molar-refractivity contribution is 4.95. The standard InChI is InChI=1S/C11H22N2/c1-8(2)10-6-12-7-11(13(10)3)9-4-5-9/h8-12H,4-7H2,1-3H3/t10-,11?/m0/s1. The van der Waals surface area contributed by atoms with E-state index < -0.39 is 0 Å². The molecule has 1 aliphatic carbocycles. The van der Waals surface area contributed by atoms with Crippen molar-refractivity contribution in [2.75, 3.05) is 20.1 Å². The van der Waals surface area contributed by atoms with Gasteiger partial charge in [-0.25, -0.2) is 0 Å². The summed E-state index contributed by atoms with van der Waals surface area (Å²) < 4.78 is 0. The van der Waals surface area contributed by atoms with Gasteiger partial charge < -0.3 is 5.32 Å². The number of rotatable bonds is 2. The van der Waals surface area contributed by atoms with E-state index in [0.29, 0.717) is 0 Å². The van der Waals surface area contributed by atoms with Gasteiger partial charge in [0.05, 0.1) is 0 Å². The maximum Gasteiger partial charge on any atom is 0.0249 e. The van der Waals surface area contributed by atoms with Crippen molar-refractivity contribution < 1.29 is 0 Å². The number of hydrogen-bond donors (Lipinski definition) is 1. The largest absolute Gasteiger partial charge is 0.314 e. The molecule has 0 spiro atoms. The summed E-state index contributed by atoms with van der Waals surface area (Å²) in [7, 11) is 2.31. The Bertz CT molecular complexity index is 165. The van der Waals surface area contributed by atoms with Gasteiger partial charge in [-0.2, -0.15) is 0 Å². The summed E-state index contributed by atoms with van der Waals surface area (Å²) >= 11 is 0. The van der Waals surface area contributed by atoms with Crippen LogP contribution in [0.2, 0.25) is 0 Å². The molecule has 1 saturated carbocycles. The van der Waals surface area contributed by atoms with Crippen molar-refractivity contribution in [2.24, 2.45) is 11.8 Å². The average molecular weight is 182 g/mol. The second-order valence-electron chi connectivity index (χ2n) is 5.04. The van der Waals surface area contributed by atoms with E-state index in [1.165, 1.54) is 25.9 Å². The van der Waals surface area contributed by atoms with E-state index in [9.17, 15) is 0 Å². The third-order valence-electron chi connectivity index (χ3n) is 3.69. The van der Waals surface area contributed by atoms with E-state index >= 15 is 0 Å². The second-order valence-corrected chi connectivity index (χ2v) is 5.04. The van der Waals surface area contributed by atoms with Crippen molar-refractivity contribution in [3.05, 3.63) is 0 Å². The zero-order valence-corrected chi connectivity index (χ0v) is 9.09. The van der Waals surface area contributed by atoms with Crippen LogP contribution in [-0.4, -0.2) is 37.1 Å². The smallest absolute Gasteiger partial charge is 0.0249 e. The number of likely N-dealkylation sites (N-methyl/N-ethyl adjacent to an activating group) is 1. The summed E-state index contributed by atoms with van der Waals surface area (Å²) in [6.07, 6.45) is 2.92. The Labute approximate surface area is 81.7 Å². The maximum absolute atomic E-state index is 3.58. The fourth-order valence-corrected chi connectivity index (χ4v) is 2.60. The highest BCUT2D eigenvalue weighted by Crippen LogP contribution is 2.36. The predicted molar refractivity (Wildman–Crippen MR) is 55.8 cm³/mol. The number of nitrogens with one attached hydrogen (secondary N) is 1. The third kappa shape index (κ3) is 1.89. The summed E-state index contributed by atoms with van der Waals surface area (Å²) in [6.45, 7) is 7.05. The molecule has 1 saturated heterocycles. The Morgan fingerprint density at radius 1 is 1.23 bits per heavy atom. The van der Waals surface area contributed by atoms with Gasteiger partial charge in [0.2, 0.25) is 0 Å². The first kappa shape index (κ1) is 9.47. The van der Waals surface area contributed by atoms with E-state index in [-0.39, 0.29) is 0 Å². The number of nitrogens with zero attached hydrogens (tertiary/aromatic N) is 1. The van der Waals surface area contributed by atoms with Gasteiger partial charge >= 0.3 is 0 Å². The molecule has 0 aromatic carbocycles. The molecule has 2 fully saturated rings. The van der Waals surface area contributed by atoms with Gasteiger partial charge in [-0.1, -0.05) is 13.8 Å². The zero-order valence-electron chi connectivity index (χ0n) is 9.09. The van der Waals surface area contributed by atoms with Gasteiger partial charge in [0.25, 0.3) is 0 Å². The molecule has 0 aromatic heterocycles. The van der Waals surface area contributed by atoms with Gasteiger partial charge in [-0.05, 0) is 31.7 Å². The van der Waals surface area contributed by atoms with E-state index in [4.69, 9.17) is 0 Å². The molecular weight excluding hydrogens is 160 g/mol. The normalized spacial score (nSPS) is 36.9. The topological polar surface area (TPSA) is 15.3 Å². The van der Waals surface area contributed by atoms with E-state index in [1.807, 2.05) is 0 Å². The molecule has 13 heavy (non-hydrogen) atoms. The van der Waals surface area contributed by atoms with Crippen molar-refractivity contribution in [3.8, 4) is 0 Å². The highest BCUT2D eigenvalue weighted by Gasteiger charge is 2.38. The van der Waals surface area contributed by atoms with Gasteiger partial charge in [0.1, 0.15) is 0 Å². The summed E-state index contributed by atoms with van der Waals surface area (Å²) in [5, 5.41) is 3.58. The predicted octanol–water partition coefficient (Wildman–Crippen LogP) is 1.32. The van der Waals surface area contributed by atoms with Crippen LogP contribution in [0.5, 0.6) is 0 Å². The van der Waals surface area contributed by atoms with Crippen molar-refractivity contribution in [1.82, 2.24) is 10.2 Å². The van der Waals surface area contributed by atoms with Gasteiger partial charge in [-0.15, -0.1) is 0 Å².